The standard InChI is InChI=1S/C20H24N2O3/c23-18(10-9-15-5-2-1-3-6-15)16-11-13-22(14-12-16)19-8-4-7-17(21-19)20(24)25/h1-8,16,18,23H,9-14H2,(H,24,25)/t18-/m1/s1. The van der Waals surface area contributed by atoms with Gasteiger partial charge in [-0.15, -0.1) is 0 Å². The number of aromatic carboxylic acids is 1. The van der Waals surface area contributed by atoms with Gasteiger partial charge < -0.3 is 15.1 Å². The first kappa shape index (κ1) is 17.4. The highest BCUT2D eigenvalue weighted by atomic mass is 16.4. The second-order valence-corrected chi connectivity index (χ2v) is 6.60. The molecule has 1 aliphatic heterocycles. The molecule has 5 nitrogen and oxygen atoms in total. The number of carboxylic acid groups (broad SMARTS) is 1. The molecule has 0 amide bonds. The molecular weight excluding hydrogens is 316 g/mol. The van der Waals surface area contributed by atoms with Crippen molar-refractivity contribution in [3.05, 3.63) is 59.8 Å². The van der Waals surface area contributed by atoms with Crippen molar-refractivity contribution < 1.29 is 15.0 Å². The number of aryl methyl sites for hydroxylation is 1. The van der Waals surface area contributed by atoms with Gasteiger partial charge in [-0.1, -0.05) is 36.4 Å². The highest BCUT2D eigenvalue weighted by Gasteiger charge is 2.26. The third kappa shape index (κ3) is 4.57. The predicted molar refractivity (Wildman–Crippen MR) is 96.9 cm³/mol. The van der Waals surface area contributed by atoms with Gasteiger partial charge >= 0.3 is 5.97 Å². The molecule has 2 heterocycles. The van der Waals surface area contributed by atoms with Crippen LogP contribution in [0.5, 0.6) is 0 Å². The lowest BCUT2D eigenvalue weighted by molar-refractivity contribution is 0.0690. The molecule has 1 aromatic heterocycles. The highest BCUT2D eigenvalue weighted by Crippen LogP contribution is 2.26. The summed E-state index contributed by atoms with van der Waals surface area (Å²) in [5.41, 5.74) is 1.33. The maximum absolute atomic E-state index is 11.1. The number of anilines is 1. The van der Waals surface area contributed by atoms with Gasteiger partial charge in [-0.25, -0.2) is 9.78 Å². The van der Waals surface area contributed by atoms with Crippen LogP contribution in [0.4, 0.5) is 5.82 Å². The molecule has 0 spiro atoms. The molecule has 1 aliphatic rings. The summed E-state index contributed by atoms with van der Waals surface area (Å²) in [7, 11) is 0. The van der Waals surface area contributed by atoms with Crippen molar-refractivity contribution in [3.63, 3.8) is 0 Å². The fourth-order valence-electron chi connectivity index (χ4n) is 3.43. The summed E-state index contributed by atoms with van der Waals surface area (Å²) in [4.78, 5) is 17.4. The van der Waals surface area contributed by atoms with E-state index in [0.717, 1.165) is 38.8 Å². The molecule has 132 valence electrons. The van der Waals surface area contributed by atoms with Crippen LogP contribution >= 0.6 is 0 Å². The lowest BCUT2D eigenvalue weighted by Gasteiger charge is -2.35. The van der Waals surface area contributed by atoms with Gasteiger partial charge in [0.2, 0.25) is 0 Å². The maximum atomic E-state index is 11.1. The molecule has 1 fully saturated rings. The van der Waals surface area contributed by atoms with Crippen LogP contribution in [0.15, 0.2) is 48.5 Å². The van der Waals surface area contributed by atoms with E-state index in [1.807, 2.05) is 24.3 Å². The molecule has 0 aliphatic carbocycles. The van der Waals surface area contributed by atoms with Crippen molar-refractivity contribution in [2.24, 2.45) is 5.92 Å². The van der Waals surface area contributed by atoms with Crippen molar-refractivity contribution in [1.29, 1.82) is 0 Å². The Hall–Kier alpha value is -2.40. The van der Waals surface area contributed by atoms with Crippen molar-refractivity contribution in [2.45, 2.75) is 31.8 Å². The number of carboxylic acids is 1. The van der Waals surface area contributed by atoms with Crippen LogP contribution in [0.1, 0.15) is 35.3 Å². The number of aromatic nitrogens is 1. The van der Waals surface area contributed by atoms with Crippen LogP contribution in [0.25, 0.3) is 0 Å². The number of piperidine rings is 1. The molecule has 5 heteroatoms. The van der Waals surface area contributed by atoms with Gasteiger partial charge in [0, 0.05) is 13.1 Å². The van der Waals surface area contributed by atoms with E-state index < -0.39 is 5.97 Å². The molecule has 1 saturated heterocycles. The van der Waals surface area contributed by atoms with Crippen molar-refractivity contribution >= 4 is 11.8 Å². The van der Waals surface area contributed by atoms with Crippen molar-refractivity contribution in [3.8, 4) is 0 Å². The molecular formula is C20H24N2O3. The quantitative estimate of drug-likeness (QED) is 0.846. The summed E-state index contributed by atoms with van der Waals surface area (Å²) >= 11 is 0. The van der Waals surface area contributed by atoms with Crippen LogP contribution in [-0.4, -0.2) is 40.4 Å². The predicted octanol–water partition coefficient (Wildman–Crippen LogP) is 2.99. The molecule has 1 aromatic carbocycles. The van der Waals surface area contributed by atoms with E-state index in [4.69, 9.17) is 5.11 Å². The van der Waals surface area contributed by atoms with Crippen molar-refractivity contribution in [2.75, 3.05) is 18.0 Å². The highest BCUT2D eigenvalue weighted by molar-refractivity contribution is 5.85. The first-order valence-corrected chi connectivity index (χ1v) is 8.81. The molecule has 0 bridgehead atoms. The average Bonchev–Trinajstić information content (AvgIpc) is 2.67. The monoisotopic (exact) mass is 340 g/mol. The zero-order chi connectivity index (χ0) is 17.6. The minimum Gasteiger partial charge on any atom is -0.477 e. The number of hydrogen-bond donors (Lipinski definition) is 2. The van der Waals surface area contributed by atoms with Gasteiger partial charge in [0.15, 0.2) is 5.69 Å². The number of aliphatic hydroxyl groups excluding tert-OH is 1. The Balaban J connectivity index is 1.51. The van der Waals surface area contributed by atoms with E-state index in [9.17, 15) is 9.90 Å². The molecule has 25 heavy (non-hydrogen) atoms. The van der Waals surface area contributed by atoms with Gasteiger partial charge in [0.25, 0.3) is 0 Å². The van der Waals surface area contributed by atoms with Crippen LogP contribution in [0.3, 0.4) is 0 Å². The molecule has 0 saturated carbocycles. The van der Waals surface area contributed by atoms with Crippen LogP contribution < -0.4 is 4.90 Å². The van der Waals surface area contributed by atoms with Crippen molar-refractivity contribution in [1.82, 2.24) is 4.98 Å². The average molecular weight is 340 g/mol. The normalized spacial score (nSPS) is 16.6. The summed E-state index contributed by atoms with van der Waals surface area (Å²) in [5, 5.41) is 19.6. The largest absolute Gasteiger partial charge is 0.477 e. The molecule has 3 rings (SSSR count). The van der Waals surface area contributed by atoms with E-state index in [1.54, 1.807) is 6.07 Å². The van der Waals surface area contributed by atoms with E-state index in [2.05, 4.69) is 22.0 Å². The summed E-state index contributed by atoms with van der Waals surface area (Å²) in [5.74, 6) is -0.00665. The Kier molecular flexibility index (Phi) is 5.66. The van der Waals surface area contributed by atoms with Gasteiger partial charge in [-0.05, 0) is 49.3 Å². The number of pyridine rings is 1. The Bertz CT molecular complexity index is 697. The summed E-state index contributed by atoms with van der Waals surface area (Å²) in [6.45, 7) is 1.59. The third-order valence-corrected chi connectivity index (χ3v) is 4.93. The fraction of sp³-hybridized carbons (Fsp3) is 0.400. The zero-order valence-electron chi connectivity index (χ0n) is 14.2. The topological polar surface area (TPSA) is 73.7 Å². The first-order valence-electron chi connectivity index (χ1n) is 8.81. The number of nitrogens with zero attached hydrogens (tertiary/aromatic N) is 2. The SMILES string of the molecule is O=C(O)c1cccc(N2CCC([C@H](O)CCc3ccccc3)CC2)n1. The zero-order valence-corrected chi connectivity index (χ0v) is 14.2. The number of aliphatic hydroxyl groups is 1. The van der Waals surface area contributed by atoms with Crippen LogP contribution in [-0.2, 0) is 6.42 Å². The fourth-order valence-corrected chi connectivity index (χ4v) is 3.43. The molecule has 1 atom stereocenters. The maximum Gasteiger partial charge on any atom is 0.354 e. The van der Waals surface area contributed by atoms with E-state index in [0.29, 0.717) is 11.7 Å². The smallest absolute Gasteiger partial charge is 0.354 e. The Morgan fingerprint density at radius 2 is 1.84 bits per heavy atom. The Labute approximate surface area is 147 Å². The number of rotatable bonds is 6. The van der Waals surface area contributed by atoms with Crippen LogP contribution in [0.2, 0.25) is 0 Å². The van der Waals surface area contributed by atoms with E-state index >= 15 is 0 Å². The van der Waals surface area contributed by atoms with E-state index in [1.165, 1.54) is 11.6 Å². The van der Waals surface area contributed by atoms with Gasteiger partial charge in [-0.3, -0.25) is 0 Å². The number of benzene rings is 1. The summed E-state index contributed by atoms with van der Waals surface area (Å²) < 4.78 is 0. The second-order valence-electron chi connectivity index (χ2n) is 6.60. The number of hydrogen-bond acceptors (Lipinski definition) is 4. The summed E-state index contributed by atoms with van der Waals surface area (Å²) in [6.07, 6.45) is 3.18. The second kappa shape index (κ2) is 8.12. The first-order chi connectivity index (χ1) is 12.1. The molecule has 2 N–H and O–H groups in total. The molecule has 2 aromatic rings. The van der Waals surface area contributed by atoms with Gasteiger partial charge in [0.05, 0.1) is 6.10 Å². The lowest BCUT2D eigenvalue weighted by atomic mass is 9.88. The lowest BCUT2D eigenvalue weighted by Crippen LogP contribution is -2.38. The van der Waals surface area contributed by atoms with Gasteiger partial charge in [-0.2, -0.15) is 0 Å². The minimum absolute atomic E-state index is 0.0718. The Morgan fingerprint density at radius 1 is 1.12 bits per heavy atom. The molecule has 0 radical (unpaired) electrons. The summed E-state index contributed by atoms with van der Waals surface area (Å²) in [6, 6.07) is 15.3. The minimum atomic E-state index is -1.01. The third-order valence-electron chi connectivity index (χ3n) is 4.93. The van der Waals surface area contributed by atoms with Crippen LogP contribution in [0, 0.1) is 5.92 Å². The molecule has 0 unspecified atom stereocenters. The Morgan fingerprint density at radius 3 is 2.52 bits per heavy atom. The van der Waals surface area contributed by atoms with Gasteiger partial charge in [0.1, 0.15) is 5.82 Å². The number of carbonyl (C=O) groups is 1. The van der Waals surface area contributed by atoms with E-state index in [-0.39, 0.29) is 11.8 Å².